The Balaban J connectivity index is -0.0000000452. The van der Waals surface area contributed by atoms with Gasteiger partial charge in [-0.2, -0.15) is 0 Å². The molecule has 0 spiro atoms. The second kappa shape index (κ2) is 78.8. The summed E-state index contributed by atoms with van der Waals surface area (Å²) in [6.45, 7) is 17.5. The molecule has 0 saturated carbocycles. The molecule has 0 saturated heterocycles. The fraction of sp³-hybridized carbons (Fsp3) is 1.00. The van der Waals surface area contributed by atoms with Gasteiger partial charge in [0.1, 0.15) is 0 Å². The van der Waals surface area contributed by atoms with Crippen LogP contribution in [0.4, 0.5) is 0 Å². The number of unbranched alkanes of at least 4 members (excludes halogenated alkanes) is 3. The van der Waals surface area contributed by atoms with Gasteiger partial charge in [-0.1, -0.05) is 107 Å². The molecule has 0 radical (unpaired) electrons. The van der Waals surface area contributed by atoms with Crippen LogP contribution in [-0.4, -0.2) is 52.9 Å². The van der Waals surface area contributed by atoms with Gasteiger partial charge in [-0.15, -0.1) is 33.0 Å². The topological polar surface area (TPSA) is 206 Å². The van der Waals surface area contributed by atoms with E-state index >= 15 is 0 Å². The van der Waals surface area contributed by atoms with Crippen LogP contribution in [0.3, 0.4) is 0 Å². The van der Waals surface area contributed by atoms with Crippen LogP contribution < -0.4 is 35.3 Å². The van der Waals surface area contributed by atoms with Gasteiger partial charge in [0.05, 0.1) is 14.4 Å². The van der Waals surface area contributed by atoms with Crippen molar-refractivity contribution >= 4 is 16.9 Å². The molecule has 0 aliphatic rings. The molecule has 0 fully saturated rings. The van der Waals surface area contributed by atoms with Gasteiger partial charge in [0.15, 0.2) is 0 Å². The Bertz CT molecular complexity index is 336. The Kier molecular flexibility index (Phi) is 124. The summed E-state index contributed by atoms with van der Waals surface area (Å²) in [5, 5.41) is 46.5. The largest absolute Gasteiger partial charge is 4.00 e. The van der Waals surface area contributed by atoms with E-state index in [9.17, 15) is 39.9 Å². The minimum Gasteiger partial charge on any atom is -0.854 e. The monoisotopic (exact) mass is 720 g/mol. The van der Waals surface area contributed by atoms with Crippen molar-refractivity contribution in [2.45, 2.75) is 126 Å². The molecule has 0 rings (SSSR count). The Morgan fingerprint density at radius 3 is 0.857 bits per heavy atom. The summed E-state index contributed by atoms with van der Waals surface area (Å²) in [6, 6.07) is 0. The predicted molar refractivity (Wildman–Crippen MR) is 153 cm³/mol. The van der Waals surface area contributed by atoms with Gasteiger partial charge in [0, 0.05) is 13.2 Å². The molecule has 0 aromatic carbocycles. The Morgan fingerprint density at radius 2 is 0.690 bits per heavy atom. The van der Waals surface area contributed by atoms with E-state index in [1.54, 1.807) is 0 Å². The van der Waals surface area contributed by atoms with Crippen molar-refractivity contribution in [1.29, 1.82) is 0 Å². The van der Waals surface area contributed by atoms with Gasteiger partial charge < -0.3 is 53.5 Å². The normalized spacial score (nSPS) is 8.83. The van der Waals surface area contributed by atoms with Gasteiger partial charge in [-0.05, 0) is 19.3 Å². The van der Waals surface area contributed by atoms with Crippen LogP contribution in [0.5, 0.6) is 0 Å². The van der Waals surface area contributed by atoms with Gasteiger partial charge in [-0.25, -0.2) is 9.03 Å². The number of phosphoric acid groups is 1. The van der Waals surface area contributed by atoms with Gasteiger partial charge >= 0.3 is 43.4 Å². The van der Waals surface area contributed by atoms with E-state index in [1.807, 2.05) is 41.5 Å². The quantitative estimate of drug-likeness (QED) is 0.120. The van der Waals surface area contributed by atoms with E-state index in [1.165, 1.54) is 12.8 Å². The molecule has 0 bridgehead atoms. The Morgan fingerprint density at radius 1 is 0.476 bits per heavy atom. The summed E-state index contributed by atoms with van der Waals surface area (Å²) < 4.78 is 24.0. The summed E-state index contributed by atoms with van der Waals surface area (Å²) in [5.41, 5.74) is 0. The van der Waals surface area contributed by atoms with E-state index in [2.05, 4.69) is 18.4 Å². The van der Waals surface area contributed by atoms with Crippen molar-refractivity contribution in [3.63, 3.8) is 0 Å². The summed E-state index contributed by atoms with van der Waals surface area (Å²) in [7, 11) is -4.00. The summed E-state index contributed by atoms with van der Waals surface area (Å²) >= 11 is 0. The van der Waals surface area contributed by atoms with Gasteiger partial charge in [-0.3, -0.25) is 0 Å². The van der Waals surface area contributed by atoms with E-state index in [4.69, 9.17) is 9.05 Å². The standard InChI is InChI=1S/C8H18O2P.C4H11O4P.5C3H7O.2Ti/c1-3-5-7-9-11-10-8-6-4-2;1-2-3-4-8-9(5,6)7;5*1-2-3-4;;/h3-8H2,1-2H3;2-4H2,1H3,(H2,5,6,7);5*2-3H2,1H3;;/q-1;;5*-1;2*+4/p-2. The Labute approximate surface area is 291 Å². The van der Waals surface area contributed by atoms with Crippen molar-refractivity contribution in [1.82, 2.24) is 0 Å². The molecule has 11 nitrogen and oxygen atoms in total. The first-order valence-electron chi connectivity index (χ1n) is 14.6. The first-order valence-corrected chi connectivity index (χ1v) is 16.8. The van der Waals surface area contributed by atoms with Crippen molar-refractivity contribution in [2.75, 3.05) is 52.9 Å². The molecular formula is C27H62O11P2Ti2. The molecule has 0 heterocycles. The average molecular weight is 720 g/mol. The third kappa shape index (κ3) is 161. The minimum absolute atomic E-state index is 0. The maximum atomic E-state index is 9.76. The molecule has 0 atom stereocenters. The van der Waals surface area contributed by atoms with Gasteiger partial charge in [0.2, 0.25) is 0 Å². The van der Waals surface area contributed by atoms with E-state index < -0.39 is 7.82 Å². The molecule has 254 valence electrons. The van der Waals surface area contributed by atoms with Crippen molar-refractivity contribution in [2.24, 2.45) is 0 Å². The molecule has 0 aromatic heterocycles. The van der Waals surface area contributed by atoms with Crippen LogP contribution in [0.1, 0.15) is 126 Å². The van der Waals surface area contributed by atoms with Crippen molar-refractivity contribution in [3.05, 3.63) is 0 Å². The molecule has 0 N–H and O–H groups in total. The van der Waals surface area contributed by atoms with Crippen LogP contribution in [0.15, 0.2) is 0 Å². The van der Waals surface area contributed by atoms with Crippen LogP contribution in [0.2, 0.25) is 0 Å². The molecular weight excluding hydrogens is 658 g/mol. The zero-order chi connectivity index (χ0) is 32.8. The first-order chi connectivity index (χ1) is 19.0. The number of rotatable bonds is 17. The second-order valence-corrected chi connectivity index (χ2v) is 9.42. The molecule has 0 amide bonds. The molecule has 15 heteroatoms. The fourth-order valence-corrected chi connectivity index (χ4v) is 1.68. The molecule has 0 aliphatic carbocycles. The van der Waals surface area contributed by atoms with Crippen molar-refractivity contribution in [3.8, 4) is 0 Å². The summed E-state index contributed by atoms with van der Waals surface area (Å²) in [6.07, 6.45) is 9.87. The molecule has 0 aliphatic heterocycles. The minimum atomic E-state index is -4.70. The van der Waals surface area contributed by atoms with E-state index in [-0.39, 0.29) is 83.1 Å². The zero-order valence-corrected chi connectivity index (χ0v) is 32.7. The van der Waals surface area contributed by atoms with E-state index in [0.29, 0.717) is 15.5 Å². The van der Waals surface area contributed by atoms with Crippen LogP contribution in [0.25, 0.3) is 0 Å². The number of phosphoric ester groups is 1. The molecule has 42 heavy (non-hydrogen) atoms. The second-order valence-electron chi connectivity index (χ2n) is 7.60. The Hall–Kier alpha value is 1.69. The maximum absolute atomic E-state index is 9.76. The molecule has 0 unspecified atom stereocenters. The smallest absolute Gasteiger partial charge is 0.854 e. The fourth-order valence-electron chi connectivity index (χ4n) is 0.850. The average Bonchev–Trinajstić information content (AvgIpc) is 2.97. The zero-order valence-electron chi connectivity index (χ0n) is 27.8. The first kappa shape index (κ1) is 66.2. The summed E-state index contributed by atoms with van der Waals surface area (Å²) in [5.74, 6) is 0. The van der Waals surface area contributed by atoms with Crippen LogP contribution in [0, 0.1) is 0 Å². The SMILES string of the molecule is CCCCOP(=O)([O-])[O-].CCCCO[P-]OCCCC.CCC[O-].CCC[O-].CCC[O-].CCC[O-].CCC[O-].[Ti+4].[Ti+4]. The summed E-state index contributed by atoms with van der Waals surface area (Å²) in [4.78, 5) is 19.5. The predicted octanol–water partition coefficient (Wildman–Crippen LogP) is 1.81. The van der Waals surface area contributed by atoms with E-state index in [0.717, 1.165) is 64.6 Å². The number of hydrogen-bond donors (Lipinski definition) is 0. The third-order valence-electron chi connectivity index (χ3n) is 3.05. The number of hydrogen-bond acceptors (Lipinski definition) is 11. The maximum Gasteiger partial charge on any atom is 4.00 e. The third-order valence-corrected chi connectivity index (χ3v) is 4.13. The van der Waals surface area contributed by atoms with Gasteiger partial charge in [0.25, 0.3) is 0 Å². The van der Waals surface area contributed by atoms with Crippen LogP contribution in [-0.2, 0) is 61.6 Å². The molecule has 0 aromatic rings. The van der Waals surface area contributed by atoms with Crippen LogP contribution >= 0.6 is 16.9 Å². The van der Waals surface area contributed by atoms with Crippen molar-refractivity contribution < 1.29 is 96.9 Å².